The number of aromatic amines is 1. The van der Waals surface area contributed by atoms with Gasteiger partial charge in [-0.15, -0.1) is 24.0 Å². The molecule has 0 bridgehead atoms. The first kappa shape index (κ1) is 18.9. The van der Waals surface area contributed by atoms with Crippen LogP contribution in [0, 0.1) is 0 Å². The van der Waals surface area contributed by atoms with Gasteiger partial charge in [-0.05, 0) is 5.56 Å². The Bertz CT molecular complexity index is 808. The molecule has 1 aromatic carbocycles. The fraction of sp³-hybridized carbons (Fsp3) is 0.250. The number of aryl methyl sites for hydroxylation is 1. The average molecular weight is 452 g/mol. The maximum Gasteiger partial charge on any atom is 0.191 e. The van der Waals surface area contributed by atoms with Gasteiger partial charge in [0.2, 0.25) is 0 Å². The molecule has 0 amide bonds. The number of aliphatic imine (C=N–C) groups is 1. The van der Waals surface area contributed by atoms with Crippen molar-refractivity contribution in [2.45, 2.75) is 13.1 Å². The highest BCUT2D eigenvalue weighted by Gasteiger charge is 2.05. The van der Waals surface area contributed by atoms with Crippen molar-refractivity contribution < 1.29 is 0 Å². The SMILES string of the molecule is CN=C(NCc1ncc(-c2ccccc2)[nH]1)NCc1ncnn1C.I. The summed E-state index contributed by atoms with van der Waals surface area (Å²) in [5.41, 5.74) is 2.11. The summed E-state index contributed by atoms with van der Waals surface area (Å²) in [7, 11) is 3.58. The zero-order chi connectivity index (χ0) is 16.8. The molecule has 0 radical (unpaired) electrons. The van der Waals surface area contributed by atoms with Crippen molar-refractivity contribution in [2.75, 3.05) is 7.05 Å². The van der Waals surface area contributed by atoms with Crippen molar-refractivity contribution in [2.24, 2.45) is 12.0 Å². The number of imidazole rings is 1. The highest BCUT2D eigenvalue weighted by molar-refractivity contribution is 14.0. The van der Waals surface area contributed by atoms with E-state index in [1.165, 1.54) is 6.33 Å². The molecule has 0 spiro atoms. The summed E-state index contributed by atoms with van der Waals surface area (Å²) in [6.07, 6.45) is 3.36. The van der Waals surface area contributed by atoms with Crippen LogP contribution < -0.4 is 10.6 Å². The maximum atomic E-state index is 4.40. The Balaban J connectivity index is 0.00000225. The molecule has 9 heteroatoms. The van der Waals surface area contributed by atoms with Crippen LogP contribution in [0.1, 0.15) is 11.6 Å². The van der Waals surface area contributed by atoms with E-state index in [-0.39, 0.29) is 24.0 Å². The Labute approximate surface area is 163 Å². The molecule has 2 heterocycles. The molecule has 2 aromatic heterocycles. The average Bonchev–Trinajstić information content (AvgIpc) is 3.25. The van der Waals surface area contributed by atoms with E-state index >= 15 is 0 Å². The van der Waals surface area contributed by atoms with Crippen molar-refractivity contribution in [3.8, 4) is 11.3 Å². The van der Waals surface area contributed by atoms with Crippen molar-refractivity contribution in [1.29, 1.82) is 0 Å². The van der Waals surface area contributed by atoms with Gasteiger partial charge in [0.1, 0.15) is 18.0 Å². The second kappa shape index (κ2) is 9.16. The number of H-pyrrole nitrogens is 1. The molecule has 25 heavy (non-hydrogen) atoms. The Kier molecular flexibility index (Phi) is 6.92. The van der Waals surface area contributed by atoms with Gasteiger partial charge >= 0.3 is 0 Å². The van der Waals surface area contributed by atoms with Gasteiger partial charge < -0.3 is 15.6 Å². The number of nitrogens with one attached hydrogen (secondary N) is 3. The summed E-state index contributed by atoms with van der Waals surface area (Å²) in [4.78, 5) is 16.1. The Morgan fingerprint density at radius 2 is 1.92 bits per heavy atom. The lowest BCUT2D eigenvalue weighted by Gasteiger charge is -2.10. The van der Waals surface area contributed by atoms with E-state index in [4.69, 9.17) is 0 Å². The summed E-state index contributed by atoms with van der Waals surface area (Å²) < 4.78 is 1.72. The lowest BCUT2D eigenvalue weighted by Crippen LogP contribution is -2.37. The van der Waals surface area contributed by atoms with Gasteiger partial charge in [0.05, 0.1) is 25.0 Å². The fourth-order valence-electron chi connectivity index (χ4n) is 2.25. The molecule has 0 unspecified atom stereocenters. The smallest absolute Gasteiger partial charge is 0.191 e. The van der Waals surface area contributed by atoms with E-state index in [0.29, 0.717) is 19.0 Å². The van der Waals surface area contributed by atoms with Gasteiger partial charge in [-0.2, -0.15) is 5.10 Å². The summed E-state index contributed by atoms with van der Waals surface area (Å²) >= 11 is 0. The highest BCUT2D eigenvalue weighted by atomic mass is 127. The number of rotatable bonds is 5. The van der Waals surface area contributed by atoms with Crippen molar-refractivity contribution in [3.63, 3.8) is 0 Å². The topological polar surface area (TPSA) is 95.8 Å². The zero-order valence-corrected chi connectivity index (χ0v) is 16.4. The second-order valence-corrected chi connectivity index (χ2v) is 5.19. The first-order valence-corrected chi connectivity index (χ1v) is 7.63. The van der Waals surface area contributed by atoms with Crippen LogP contribution in [-0.2, 0) is 20.1 Å². The molecule has 0 aliphatic heterocycles. The molecule has 132 valence electrons. The molecular weight excluding hydrogens is 431 g/mol. The lowest BCUT2D eigenvalue weighted by atomic mass is 10.2. The van der Waals surface area contributed by atoms with Crippen LogP contribution in [0.15, 0.2) is 47.8 Å². The minimum Gasteiger partial charge on any atom is -0.349 e. The number of nitrogens with zero attached hydrogens (tertiary/aromatic N) is 5. The van der Waals surface area contributed by atoms with E-state index in [0.717, 1.165) is 22.9 Å². The number of benzene rings is 1. The first-order chi connectivity index (χ1) is 11.8. The first-order valence-electron chi connectivity index (χ1n) is 7.63. The van der Waals surface area contributed by atoms with Crippen LogP contribution in [0.3, 0.4) is 0 Å². The third kappa shape index (κ3) is 5.02. The van der Waals surface area contributed by atoms with Crippen molar-refractivity contribution in [3.05, 3.63) is 54.5 Å². The van der Waals surface area contributed by atoms with Crippen LogP contribution >= 0.6 is 24.0 Å². The van der Waals surface area contributed by atoms with Gasteiger partial charge in [-0.25, -0.2) is 9.97 Å². The molecule has 0 saturated heterocycles. The summed E-state index contributed by atoms with van der Waals surface area (Å²) in [6, 6.07) is 10.1. The van der Waals surface area contributed by atoms with E-state index in [1.807, 2.05) is 43.6 Å². The number of hydrogen-bond donors (Lipinski definition) is 3. The van der Waals surface area contributed by atoms with Crippen molar-refractivity contribution >= 4 is 29.9 Å². The van der Waals surface area contributed by atoms with E-state index in [1.54, 1.807) is 11.7 Å². The summed E-state index contributed by atoms with van der Waals surface area (Å²) in [5, 5.41) is 10.5. The van der Waals surface area contributed by atoms with Crippen LogP contribution in [0.2, 0.25) is 0 Å². The maximum absolute atomic E-state index is 4.40. The molecule has 0 saturated carbocycles. The predicted molar refractivity (Wildman–Crippen MR) is 107 cm³/mol. The molecule has 0 atom stereocenters. The molecule has 3 N–H and O–H groups in total. The van der Waals surface area contributed by atoms with Gasteiger partial charge in [-0.3, -0.25) is 9.67 Å². The Hall–Kier alpha value is -2.43. The monoisotopic (exact) mass is 452 g/mol. The normalized spacial score (nSPS) is 11.0. The highest BCUT2D eigenvalue weighted by Crippen LogP contribution is 2.15. The minimum absolute atomic E-state index is 0. The number of halogens is 1. The number of aromatic nitrogens is 5. The quantitative estimate of drug-likeness (QED) is 0.311. The Morgan fingerprint density at radius 3 is 2.60 bits per heavy atom. The number of guanidine groups is 1. The largest absolute Gasteiger partial charge is 0.349 e. The van der Waals surface area contributed by atoms with Crippen molar-refractivity contribution in [1.82, 2.24) is 35.4 Å². The zero-order valence-electron chi connectivity index (χ0n) is 14.1. The molecule has 8 nitrogen and oxygen atoms in total. The molecule has 0 aliphatic rings. The van der Waals surface area contributed by atoms with Crippen LogP contribution in [-0.4, -0.2) is 37.7 Å². The van der Waals surface area contributed by atoms with Gasteiger partial charge in [0, 0.05) is 14.1 Å². The lowest BCUT2D eigenvalue weighted by molar-refractivity contribution is 0.671. The minimum atomic E-state index is 0. The van der Waals surface area contributed by atoms with E-state index < -0.39 is 0 Å². The third-order valence-corrected chi connectivity index (χ3v) is 3.58. The van der Waals surface area contributed by atoms with Gasteiger partial charge in [0.25, 0.3) is 0 Å². The number of hydrogen-bond acceptors (Lipinski definition) is 4. The standard InChI is InChI=1S/C16H20N8.HI/c1-17-16(20-10-15-21-11-22-24(15)2)19-9-14-18-8-13(23-14)12-6-4-3-5-7-12;/h3-8,11H,9-10H2,1-2H3,(H,18,23)(H2,17,19,20);1H. The summed E-state index contributed by atoms with van der Waals surface area (Å²) in [5.74, 6) is 2.36. The Morgan fingerprint density at radius 1 is 1.16 bits per heavy atom. The predicted octanol–water partition coefficient (Wildman–Crippen LogP) is 1.69. The van der Waals surface area contributed by atoms with E-state index in [9.17, 15) is 0 Å². The molecular formula is C16H21IN8. The molecule has 0 fully saturated rings. The van der Waals surface area contributed by atoms with Crippen LogP contribution in [0.5, 0.6) is 0 Å². The van der Waals surface area contributed by atoms with Crippen LogP contribution in [0.4, 0.5) is 0 Å². The molecule has 0 aliphatic carbocycles. The third-order valence-electron chi connectivity index (χ3n) is 3.58. The molecule has 3 rings (SSSR count). The summed E-state index contributed by atoms with van der Waals surface area (Å²) in [6.45, 7) is 1.09. The molecule has 3 aromatic rings. The van der Waals surface area contributed by atoms with E-state index in [2.05, 4.69) is 35.7 Å². The van der Waals surface area contributed by atoms with Gasteiger partial charge in [0.15, 0.2) is 5.96 Å². The second-order valence-electron chi connectivity index (χ2n) is 5.19. The van der Waals surface area contributed by atoms with Gasteiger partial charge in [-0.1, -0.05) is 30.3 Å². The fourth-order valence-corrected chi connectivity index (χ4v) is 2.25. The van der Waals surface area contributed by atoms with Crippen LogP contribution in [0.25, 0.3) is 11.3 Å².